The molecule has 0 saturated heterocycles. The number of esters is 1. The Bertz CT molecular complexity index is 574. The van der Waals surface area contributed by atoms with Crippen LogP contribution in [-0.2, 0) is 19.0 Å². The predicted molar refractivity (Wildman–Crippen MR) is 204 cm³/mol. The van der Waals surface area contributed by atoms with Gasteiger partial charge in [-0.05, 0) is 51.7 Å². The summed E-state index contributed by atoms with van der Waals surface area (Å²) in [5.74, 6) is -0.0115. The number of carbonyl (C=O) groups excluding carboxylic acids is 1. The smallest absolute Gasteiger partial charge is 0.305 e. The summed E-state index contributed by atoms with van der Waals surface area (Å²) in [6.45, 7) is 15.8. The van der Waals surface area contributed by atoms with Gasteiger partial charge in [0, 0.05) is 19.5 Å². The van der Waals surface area contributed by atoms with Crippen LogP contribution in [0.15, 0.2) is 0 Å². The number of nitrogens with zero attached hydrogens (tertiary/aromatic N) is 1. The molecule has 0 aromatic heterocycles. The van der Waals surface area contributed by atoms with Crippen molar-refractivity contribution in [3.05, 3.63) is 0 Å². The zero-order valence-corrected chi connectivity index (χ0v) is 32.2. The van der Waals surface area contributed by atoms with E-state index in [2.05, 4.69) is 31.0 Å². The van der Waals surface area contributed by atoms with E-state index in [1.54, 1.807) is 0 Å². The Labute approximate surface area is 294 Å². The van der Waals surface area contributed by atoms with Gasteiger partial charge in [-0.25, -0.2) is 0 Å². The van der Waals surface area contributed by atoms with Gasteiger partial charge in [0.2, 0.25) is 0 Å². The Morgan fingerprint density at radius 3 is 1.43 bits per heavy atom. The average Bonchev–Trinajstić information content (AvgIpc) is 3.08. The second-order valence-electron chi connectivity index (χ2n) is 13.9. The summed E-state index contributed by atoms with van der Waals surface area (Å²) in [7, 11) is 0. The van der Waals surface area contributed by atoms with Crippen molar-refractivity contribution in [2.24, 2.45) is 0 Å². The van der Waals surface area contributed by atoms with Crippen LogP contribution in [0, 0.1) is 0 Å². The highest BCUT2D eigenvalue weighted by Gasteiger charge is 2.06. The molecule has 6 nitrogen and oxygen atoms in total. The molecule has 0 aliphatic carbocycles. The van der Waals surface area contributed by atoms with Crippen LogP contribution in [0.1, 0.15) is 194 Å². The minimum absolute atomic E-state index is 0.0115. The van der Waals surface area contributed by atoms with E-state index in [1.807, 2.05) is 0 Å². The van der Waals surface area contributed by atoms with Gasteiger partial charge in [0.15, 0.2) is 0 Å². The molecule has 0 aromatic carbocycles. The lowest BCUT2D eigenvalue weighted by Crippen LogP contribution is -2.30. The number of nitrogens with one attached hydrogen (secondary N) is 1. The van der Waals surface area contributed by atoms with E-state index in [0.29, 0.717) is 26.2 Å². The summed E-state index contributed by atoms with van der Waals surface area (Å²) in [5.41, 5.74) is 0. The monoisotopic (exact) mass is 669 g/mol. The maximum absolute atomic E-state index is 11.9. The van der Waals surface area contributed by atoms with Gasteiger partial charge >= 0.3 is 5.97 Å². The summed E-state index contributed by atoms with van der Waals surface area (Å²) in [6, 6.07) is 0. The van der Waals surface area contributed by atoms with Crippen molar-refractivity contribution in [3.8, 4) is 0 Å². The summed E-state index contributed by atoms with van der Waals surface area (Å²) < 4.78 is 17.1. The van der Waals surface area contributed by atoms with Gasteiger partial charge in [0.25, 0.3) is 0 Å². The SMILES string of the molecule is CCCCCCCCCOC(=O)CCCCCCCNCCOCCOCCN(CCCCCCCCC)CCCCCCCCC. The quantitative estimate of drug-likeness (QED) is 0.0517. The molecule has 47 heavy (non-hydrogen) atoms. The third-order valence-corrected chi connectivity index (χ3v) is 9.25. The van der Waals surface area contributed by atoms with Crippen LogP contribution in [0.4, 0.5) is 0 Å². The third-order valence-electron chi connectivity index (χ3n) is 9.25. The highest BCUT2D eigenvalue weighted by molar-refractivity contribution is 5.69. The van der Waals surface area contributed by atoms with Crippen molar-refractivity contribution in [1.29, 1.82) is 0 Å². The van der Waals surface area contributed by atoms with E-state index < -0.39 is 0 Å². The summed E-state index contributed by atoms with van der Waals surface area (Å²) in [4.78, 5) is 14.5. The summed E-state index contributed by atoms with van der Waals surface area (Å²) in [6.07, 6.45) is 34.3. The molecule has 0 fully saturated rings. The fourth-order valence-corrected chi connectivity index (χ4v) is 6.07. The van der Waals surface area contributed by atoms with Crippen LogP contribution in [0.3, 0.4) is 0 Å². The second-order valence-corrected chi connectivity index (χ2v) is 13.9. The third kappa shape index (κ3) is 39.6. The topological polar surface area (TPSA) is 60.0 Å². The molecule has 0 spiro atoms. The Kier molecular flexibility index (Phi) is 40.9. The molecule has 282 valence electrons. The highest BCUT2D eigenvalue weighted by Crippen LogP contribution is 2.11. The number of carbonyl (C=O) groups is 1. The number of rotatable bonds is 41. The maximum Gasteiger partial charge on any atom is 0.305 e. The van der Waals surface area contributed by atoms with Gasteiger partial charge < -0.3 is 24.4 Å². The second kappa shape index (κ2) is 41.5. The number of hydrogen-bond donors (Lipinski definition) is 1. The van der Waals surface area contributed by atoms with E-state index in [9.17, 15) is 4.79 Å². The molecular weight excluding hydrogens is 584 g/mol. The first-order valence-corrected chi connectivity index (χ1v) is 21.0. The lowest BCUT2D eigenvalue weighted by molar-refractivity contribution is -0.143. The van der Waals surface area contributed by atoms with Crippen LogP contribution in [0.5, 0.6) is 0 Å². The Hall–Kier alpha value is -0.690. The molecule has 0 saturated carbocycles. The molecule has 0 unspecified atom stereocenters. The molecule has 0 aliphatic heterocycles. The number of ether oxygens (including phenoxy) is 3. The molecule has 0 bridgehead atoms. The van der Waals surface area contributed by atoms with E-state index in [1.165, 1.54) is 161 Å². The number of unbranched alkanes of at least 4 members (excludes halogenated alkanes) is 22. The van der Waals surface area contributed by atoms with Gasteiger partial charge in [-0.2, -0.15) is 0 Å². The molecule has 0 heterocycles. The van der Waals surface area contributed by atoms with E-state index in [0.717, 1.165) is 52.1 Å². The molecule has 0 radical (unpaired) electrons. The summed E-state index contributed by atoms with van der Waals surface area (Å²) >= 11 is 0. The normalized spacial score (nSPS) is 11.6. The highest BCUT2D eigenvalue weighted by atomic mass is 16.5. The zero-order valence-electron chi connectivity index (χ0n) is 32.2. The lowest BCUT2D eigenvalue weighted by atomic mass is 10.1. The van der Waals surface area contributed by atoms with Crippen LogP contribution < -0.4 is 5.32 Å². The van der Waals surface area contributed by atoms with Crippen molar-refractivity contribution < 1.29 is 19.0 Å². The standard InChI is InChI=1S/C41H84N2O4/c1-4-7-10-13-16-22-27-33-43(34-28-23-17-14-11-8-5-2)35-38-46-40-39-45-37-32-42-31-26-21-19-20-25-30-41(44)47-36-29-24-18-15-12-9-6-3/h42H,4-40H2,1-3H3. The Morgan fingerprint density at radius 2 is 0.872 bits per heavy atom. The van der Waals surface area contributed by atoms with Gasteiger partial charge in [0.1, 0.15) is 0 Å². The first-order valence-electron chi connectivity index (χ1n) is 21.0. The van der Waals surface area contributed by atoms with Gasteiger partial charge in [-0.15, -0.1) is 0 Å². The zero-order chi connectivity index (χ0) is 34.1. The van der Waals surface area contributed by atoms with Gasteiger partial charge in [0.05, 0.1) is 33.0 Å². The van der Waals surface area contributed by atoms with Gasteiger partial charge in [-0.1, -0.05) is 156 Å². The van der Waals surface area contributed by atoms with Crippen molar-refractivity contribution in [1.82, 2.24) is 10.2 Å². The molecule has 1 N–H and O–H groups in total. The van der Waals surface area contributed by atoms with Crippen molar-refractivity contribution in [2.75, 3.05) is 65.8 Å². The molecule has 0 aliphatic rings. The van der Waals surface area contributed by atoms with E-state index in [-0.39, 0.29) is 5.97 Å². The Morgan fingerprint density at radius 1 is 0.426 bits per heavy atom. The minimum Gasteiger partial charge on any atom is -0.466 e. The molecule has 0 rings (SSSR count). The van der Waals surface area contributed by atoms with Crippen molar-refractivity contribution in [3.63, 3.8) is 0 Å². The summed E-state index contributed by atoms with van der Waals surface area (Å²) in [5, 5.41) is 3.49. The predicted octanol–water partition coefficient (Wildman–Crippen LogP) is 11.0. The Balaban J connectivity index is 3.59. The maximum atomic E-state index is 11.9. The average molecular weight is 669 g/mol. The first-order chi connectivity index (χ1) is 23.2. The first kappa shape index (κ1) is 46.3. The molecule has 0 atom stereocenters. The van der Waals surface area contributed by atoms with E-state index in [4.69, 9.17) is 14.2 Å². The van der Waals surface area contributed by atoms with Crippen molar-refractivity contribution in [2.45, 2.75) is 194 Å². The lowest BCUT2D eigenvalue weighted by Gasteiger charge is -2.22. The molecular formula is C41H84N2O4. The van der Waals surface area contributed by atoms with Crippen LogP contribution in [-0.4, -0.2) is 76.6 Å². The molecule has 0 aromatic rings. The number of hydrogen-bond acceptors (Lipinski definition) is 6. The molecule has 0 amide bonds. The fourth-order valence-electron chi connectivity index (χ4n) is 6.07. The van der Waals surface area contributed by atoms with Gasteiger partial charge in [-0.3, -0.25) is 4.79 Å². The largest absolute Gasteiger partial charge is 0.466 e. The van der Waals surface area contributed by atoms with Crippen LogP contribution in [0.25, 0.3) is 0 Å². The molecule has 6 heteroatoms. The fraction of sp³-hybridized carbons (Fsp3) is 0.976. The van der Waals surface area contributed by atoms with Crippen LogP contribution >= 0.6 is 0 Å². The minimum atomic E-state index is -0.0115. The van der Waals surface area contributed by atoms with E-state index >= 15 is 0 Å². The van der Waals surface area contributed by atoms with Crippen molar-refractivity contribution >= 4 is 5.97 Å². The van der Waals surface area contributed by atoms with Crippen LogP contribution in [0.2, 0.25) is 0 Å².